The van der Waals surface area contributed by atoms with Gasteiger partial charge in [0.25, 0.3) is 0 Å². The number of anilines is 3. The zero-order valence-corrected chi connectivity index (χ0v) is 38.1. The van der Waals surface area contributed by atoms with E-state index < -0.39 is 5.41 Å². The monoisotopic (exact) mass is 833 g/mol. The van der Waals surface area contributed by atoms with Crippen LogP contribution >= 0.6 is 0 Å². The molecule has 64 heavy (non-hydrogen) atoms. The number of benzene rings is 8. The summed E-state index contributed by atoms with van der Waals surface area (Å²) in [6.45, 7) is 11.5. The van der Waals surface area contributed by atoms with Crippen molar-refractivity contribution < 1.29 is 4.74 Å². The fraction of sp³-hybridized carbons (Fsp3) is 0.226. The van der Waals surface area contributed by atoms with Crippen molar-refractivity contribution in [3.8, 4) is 33.8 Å². The maximum atomic E-state index is 6.52. The molecule has 0 N–H and O–H groups in total. The second kappa shape index (κ2) is 17.1. The number of hydrogen-bond acceptors (Lipinski definition) is 2. The van der Waals surface area contributed by atoms with Crippen molar-refractivity contribution in [2.75, 3.05) is 4.90 Å². The standard InChI is InChI=1S/C62H59NO/c1-6-8-9-11-18-44-25-29-46(30-26-44)62(47-31-37-52(38-32-47)64-51-35-27-45(28-36-51)43(3)7-2)58-24-17-15-22-54(58)56-40-34-50(42-60(56)62)63(48-19-12-10-13-20-48)49-33-39-55-53-21-14-16-23-57(53)61(4,5)59(55)41-49/h10,12-17,19-43H,6-9,11,18H2,1-5H3. The summed E-state index contributed by atoms with van der Waals surface area (Å²) in [4.78, 5) is 2.45. The zero-order valence-electron chi connectivity index (χ0n) is 38.1. The molecule has 0 amide bonds. The highest BCUT2D eigenvalue weighted by atomic mass is 16.5. The highest BCUT2D eigenvalue weighted by molar-refractivity contribution is 5.90. The van der Waals surface area contributed by atoms with Gasteiger partial charge in [0, 0.05) is 22.5 Å². The summed E-state index contributed by atoms with van der Waals surface area (Å²) >= 11 is 0. The fourth-order valence-corrected chi connectivity index (χ4v) is 10.7. The number of para-hydroxylation sites is 1. The smallest absolute Gasteiger partial charge is 0.127 e. The van der Waals surface area contributed by atoms with Crippen LogP contribution < -0.4 is 9.64 Å². The topological polar surface area (TPSA) is 12.5 Å². The lowest BCUT2D eigenvalue weighted by Gasteiger charge is -2.35. The Morgan fingerprint density at radius 1 is 0.469 bits per heavy atom. The molecule has 0 bridgehead atoms. The molecule has 0 spiro atoms. The first-order chi connectivity index (χ1) is 31.3. The quantitative estimate of drug-likeness (QED) is 0.101. The molecule has 2 aliphatic carbocycles. The van der Waals surface area contributed by atoms with Crippen LogP contribution in [0.5, 0.6) is 11.5 Å². The van der Waals surface area contributed by atoms with Gasteiger partial charge in [0.15, 0.2) is 0 Å². The van der Waals surface area contributed by atoms with Gasteiger partial charge in [-0.2, -0.15) is 0 Å². The third-order valence-electron chi connectivity index (χ3n) is 14.4. The van der Waals surface area contributed by atoms with Crippen molar-refractivity contribution >= 4 is 17.1 Å². The van der Waals surface area contributed by atoms with Crippen LogP contribution in [0.25, 0.3) is 22.3 Å². The van der Waals surface area contributed by atoms with E-state index in [9.17, 15) is 0 Å². The van der Waals surface area contributed by atoms with Gasteiger partial charge >= 0.3 is 0 Å². The van der Waals surface area contributed by atoms with Crippen LogP contribution in [0.3, 0.4) is 0 Å². The second-order valence-corrected chi connectivity index (χ2v) is 18.6. The van der Waals surface area contributed by atoms with Gasteiger partial charge in [0.05, 0.1) is 5.41 Å². The van der Waals surface area contributed by atoms with Crippen molar-refractivity contribution in [1.82, 2.24) is 0 Å². The average Bonchev–Trinajstić information content (AvgIpc) is 3.76. The van der Waals surface area contributed by atoms with E-state index in [1.165, 1.54) is 92.4 Å². The molecule has 2 heteroatoms. The minimum atomic E-state index is -0.580. The molecule has 0 aliphatic heterocycles. The fourth-order valence-electron chi connectivity index (χ4n) is 10.7. The van der Waals surface area contributed by atoms with Crippen molar-refractivity contribution in [2.45, 2.75) is 89.9 Å². The van der Waals surface area contributed by atoms with Gasteiger partial charge in [0.1, 0.15) is 11.5 Å². The first-order valence-corrected chi connectivity index (χ1v) is 23.6. The van der Waals surface area contributed by atoms with E-state index in [0.29, 0.717) is 5.92 Å². The number of aryl methyl sites for hydroxylation is 1. The van der Waals surface area contributed by atoms with E-state index in [1.807, 2.05) is 0 Å². The third-order valence-corrected chi connectivity index (χ3v) is 14.4. The Morgan fingerprint density at radius 2 is 1.00 bits per heavy atom. The molecule has 2 atom stereocenters. The summed E-state index contributed by atoms with van der Waals surface area (Å²) in [5.74, 6) is 2.20. The Bertz CT molecular complexity index is 2910. The molecule has 10 rings (SSSR count). The predicted molar refractivity (Wildman–Crippen MR) is 269 cm³/mol. The lowest BCUT2D eigenvalue weighted by Crippen LogP contribution is -2.29. The molecule has 0 aromatic heterocycles. The van der Waals surface area contributed by atoms with E-state index in [1.54, 1.807) is 0 Å². The highest BCUT2D eigenvalue weighted by Gasteiger charge is 2.46. The molecule has 2 nitrogen and oxygen atoms in total. The van der Waals surface area contributed by atoms with Crippen LogP contribution in [0.4, 0.5) is 17.1 Å². The SMILES string of the molecule is CCCCCCc1ccc(C2(c3ccc(Oc4ccc(C(C)CC)cc4)cc3)c3ccccc3-c3ccc(N(c4ccccc4)c4ccc5c(c4)C(C)(C)c4ccccc4-5)cc32)cc1. The van der Waals surface area contributed by atoms with Crippen LogP contribution in [-0.2, 0) is 17.3 Å². The Labute approximate surface area is 381 Å². The van der Waals surface area contributed by atoms with Gasteiger partial charge in [-0.05, 0) is 153 Å². The third kappa shape index (κ3) is 7.14. The lowest BCUT2D eigenvalue weighted by atomic mass is 9.67. The van der Waals surface area contributed by atoms with E-state index in [2.05, 4.69) is 228 Å². The molecule has 2 unspecified atom stereocenters. The van der Waals surface area contributed by atoms with Gasteiger partial charge in [-0.1, -0.05) is 181 Å². The Morgan fingerprint density at radius 3 is 1.64 bits per heavy atom. The van der Waals surface area contributed by atoms with E-state index >= 15 is 0 Å². The lowest BCUT2D eigenvalue weighted by molar-refractivity contribution is 0.481. The molecule has 0 heterocycles. The summed E-state index contributed by atoms with van der Waals surface area (Å²) in [7, 11) is 0. The number of unbranched alkanes of at least 4 members (excludes halogenated alkanes) is 3. The number of ether oxygens (including phenoxy) is 1. The van der Waals surface area contributed by atoms with E-state index in [0.717, 1.165) is 41.4 Å². The van der Waals surface area contributed by atoms with Crippen LogP contribution in [0, 0.1) is 0 Å². The minimum absolute atomic E-state index is 0.117. The summed E-state index contributed by atoms with van der Waals surface area (Å²) in [6.07, 6.45) is 7.24. The maximum Gasteiger partial charge on any atom is 0.127 e. The van der Waals surface area contributed by atoms with Gasteiger partial charge < -0.3 is 9.64 Å². The molecule has 0 fully saturated rings. The Kier molecular flexibility index (Phi) is 11.1. The van der Waals surface area contributed by atoms with Crippen LogP contribution in [0.1, 0.15) is 117 Å². The predicted octanol–water partition coefficient (Wildman–Crippen LogP) is 17.3. The van der Waals surface area contributed by atoms with Gasteiger partial charge in [0.2, 0.25) is 0 Å². The van der Waals surface area contributed by atoms with Crippen LogP contribution in [0.2, 0.25) is 0 Å². The minimum Gasteiger partial charge on any atom is -0.457 e. The first-order valence-electron chi connectivity index (χ1n) is 23.6. The van der Waals surface area contributed by atoms with Gasteiger partial charge in [-0.25, -0.2) is 0 Å². The van der Waals surface area contributed by atoms with Crippen molar-refractivity contribution in [2.24, 2.45) is 0 Å². The van der Waals surface area contributed by atoms with Crippen LogP contribution in [-0.4, -0.2) is 0 Å². The molecule has 0 radical (unpaired) electrons. The van der Waals surface area contributed by atoms with Gasteiger partial charge in [-0.15, -0.1) is 0 Å². The summed E-state index contributed by atoms with van der Waals surface area (Å²) in [6, 6.07) is 70.2. The van der Waals surface area contributed by atoms with Crippen LogP contribution in [0.15, 0.2) is 188 Å². The number of nitrogens with zero attached hydrogens (tertiary/aromatic N) is 1. The van der Waals surface area contributed by atoms with E-state index in [4.69, 9.17) is 4.74 Å². The second-order valence-electron chi connectivity index (χ2n) is 18.6. The molecule has 318 valence electrons. The zero-order chi connectivity index (χ0) is 43.8. The van der Waals surface area contributed by atoms with Crippen molar-refractivity contribution in [3.63, 3.8) is 0 Å². The molecule has 8 aromatic rings. The molecule has 8 aromatic carbocycles. The first kappa shape index (κ1) is 41.4. The largest absolute Gasteiger partial charge is 0.457 e. The molecule has 0 saturated heterocycles. The molecule has 2 aliphatic rings. The Hall–Kier alpha value is -6.64. The average molecular weight is 834 g/mol. The maximum absolute atomic E-state index is 6.52. The molecular weight excluding hydrogens is 775 g/mol. The number of hydrogen-bond donors (Lipinski definition) is 0. The highest BCUT2D eigenvalue weighted by Crippen LogP contribution is 2.58. The summed E-state index contributed by atoms with van der Waals surface area (Å²) < 4.78 is 6.52. The van der Waals surface area contributed by atoms with Crippen molar-refractivity contribution in [1.29, 1.82) is 0 Å². The Balaban J connectivity index is 1.13. The summed E-state index contributed by atoms with van der Waals surface area (Å²) in [5.41, 5.74) is 18.5. The summed E-state index contributed by atoms with van der Waals surface area (Å²) in [5, 5.41) is 0. The number of fused-ring (bicyclic) bond motifs is 6. The normalized spacial score (nSPS) is 15.8. The van der Waals surface area contributed by atoms with E-state index in [-0.39, 0.29) is 5.41 Å². The van der Waals surface area contributed by atoms with Crippen molar-refractivity contribution in [3.05, 3.63) is 233 Å². The number of rotatable bonds is 14. The molecular formula is C62H59NO. The van der Waals surface area contributed by atoms with Gasteiger partial charge in [-0.3, -0.25) is 0 Å². The molecule has 0 saturated carbocycles.